The molecule has 0 bridgehead atoms. The van der Waals surface area contributed by atoms with Gasteiger partial charge >= 0.3 is 0 Å². The van der Waals surface area contributed by atoms with E-state index in [4.69, 9.17) is 4.74 Å². The average Bonchev–Trinajstić information content (AvgIpc) is 2.45. The van der Waals surface area contributed by atoms with Crippen LogP contribution >= 0.6 is 0 Å². The number of hydrogen-bond donors (Lipinski definition) is 0. The molecule has 0 unspecified atom stereocenters. The lowest BCUT2D eigenvalue weighted by atomic mass is 9.66. The molecule has 2 fully saturated rings. The first-order valence-corrected chi connectivity index (χ1v) is 6.80. The van der Waals surface area contributed by atoms with E-state index in [1.807, 2.05) is 0 Å². The molecule has 1 spiro atoms. The van der Waals surface area contributed by atoms with Gasteiger partial charge in [-0.3, -0.25) is 0 Å². The van der Waals surface area contributed by atoms with Crippen LogP contribution in [0.25, 0.3) is 0 Å². The summed E-state index contributed by atoms with van der Waals surface area (Å²) in [6, 6.07) is 0. The van der Waals surface area contributed by atoms with E-state index in [2.05, 4.69) is 13.8 Å². The highest BCUT2D eigenvalue weighted by Crippen LogP contribution is 2.45. The summed E-state index contributed by atoms with van der Waals surface area (Å²) >= 11 is 0. The van der Waals surface area contributed by atoms with Crippen molar-refractivity contribution in [3.05, 3.63) is 0 Å². The summed E-state index contributed by atoms with van der Waals surface area (Å²) in [6.07, 6.45) is 9.85. The van der Waals surface area contributed by atoms with E-state index < -0.39 is 0 Å². The topological polar surface area (TPSA) is 9.23 Å². The molecule has 1 nitrogen and oxygen atoms in total. The van der Waals surface area contributed by atoms with Gasteiger partial charge in [-0.05, 0) is 55.8 Å². The summed E-state index contributed by atoms with van der Waals surface area (Å²) in [5.74, 6) is 1.87. The zero-order valence-electron chi connectivity index (χ0n) is 10.4. The predicted octanol–water partition coefficient (Wildman–Crippen LogP) is 4.02. The van der Waals surface area contributed by atoms with Crippen LogP contribution in [0.15, 0.2) is 0 Å². The molecule has 0 radical (unpaired) electrons. The van der Waals surface area contributed by atoms with Crippen LogP contribution in [0.2, 0.25) is 0 Å². The van der Waals surface area contributed by atoms with Crippen molar-refractivity contribution in [1.29, 1.82) is 0 Å². The third-order valence-corrected chi connectivity index (χ3v) is 4.69. The van der Waals surface area contributed by atoms with Gasteiger partial charge in [0.2, 0.25) is 0 Å². The number of rotatable bonds is 1. The van der Waals surface area contributed by atoms with Crippen LogP contribution in [0.3, 0.4) is 0 Å². The molecule has 88 valence electrons. The van der Waals surface area contributed by atoms with Crippen LogP contribution in [-0.4, -0.2) is 13.2 Å². The molecule has 0 N–H and O–H groups in total. The van der Waals surface area contributed by atoms with Crippen LogP contribution in [0.4, 0.5) is 0 Å². The molecule has 0 atom stereocenters. The fourth-order valence-electron chi connectivity index (χ4n) is 3.38. The number of ether oxygens (including phenoxy) is 1. The Hall–Kier alpha value is -0.0400. The monoisotopic (exact) mass is 210 g/mol. The normalized spacial score (nSPS) is 38.2. The first kappa shape index (κ1) is 11.4. The highest BCUT2D eigenvalue weighted by atomic mass is 16.5. The van der Waals surface area contributed by atoms with E-state index in [9.17, 15) is 0 Å². The molecule has 0 amide bonds. The Bertz CT molecular complexity index is 180. The molecule has 2 aliphatic rings. The third-order valence-electron chi connectivity index (χ3n) is 4.69. The van der Waals surface area contributed by atoms with Crippen LogP contribution in [0.5, 0.6) is 0 Å². The van der Waals surface area contributed by atoms with Crippen molar-refractivity contribution in [3.63, 3.8) is 0 Å². The fraction of sp³-hybridized carbons (Fsp3) is 1.00. The molecule has 0 aromatic rings. The average molecular weight is 210 g/mol. The van der Waals surface area contributed by atoms with Crippen molar-refractivity contribution < 1.29 is 4.74 Å². The van der Waals surface area contributed by atoms with Crippen molar-refractivity contribution in [2.75, 3.05) is 13.2 Å². The Morgan fingerprint density at radius 1 is 1.07 bits per heavy atom. The standard InChI is InChI=1S/C14H26O/c1-12(2)13-5-8-14(9-6-13)7-3-4-10-15-11-14/h12-13H,3-11H2,1-2H3. The van der Waals surface area contributed by atoms with Crippen molar-refractivity contribution in [2.24, 2.45) is 17.3 Å². The molecule has 1 aliphatic heterocycles. The largest absolute Gasteiger partial charge is 0.381 e. The smallest absolute Gasteiger partial charge is 0.0522 e. The van der Waals surface area contributed by atoms with Gasteiger partial charge in [-0.25, -0.2) is 0 Å². The minimum absolute atomic E-state index is 0.585. The maximum absolute atomic E-state index is 5.78. The minimum Gasteiger partial charge on any atom is -0.381 e. The molecule has 15 heavy (non-hydrogen) atoms. The van der Waals surface area contributed by atoms with Crippen molar-refractivity contribution in [3.8, 4) is 0 Å². The van der Waals surface area contributed by atoms with E-state index in [1.54, 1.807) is 0 Å². The highest BCUT2D eigenvalue weighted by Gasteiger charge is 2.36. The van der Waals surface area contributed by atoms with Gasteiger partial charge < -0.3 is 4.74 Å². The van der Waals surface area contributed by atoms with Gasteiger partial charge in [0.05, 0.1) is 6.61 Å². The second-order valence-electron chi connectivity index (χ2n) is 6.09. The molecule has 1 saturated carbocycles. The molecule has 2 rings (SSSR count). The zero-order valence-corrected chi connectivity index (χ0v) is 10.4. The lowest BCUT2D eigenvalue weighted by Crippen LogP contribution is -2.32. The van der Waals surface area contributed by atoms with Gasteiger partial charge in [-0.1, -0.05) is 20.3 Å². The van der Waals surface area contributed by atoms with Crippen molar-refractivity contribution in [1.82, 2.24) is 0 Å². The quantitative estimate of drug-likeness (QED) is 0.635. The maximum Gasteiger partial charge on any atom is 0.0522 e. The Kier molecular flexibility index (Phi) is 3.71. The van der Waals surface area contributed by atoms with Gasteiger partial charge in [0, 0.05) is 6.61 Å². The molecule has 1 heteroatoms. The Balaban J connectivity index is 1.89. The highest BCUT2D eigenvalue weighted by molar-refractivity contribution is 4.87. The third kappa shape index (κ3) is 2.75. The molecule has 1 saturated heterocycles. The summed E-state index contributed by atoms with van der Waals surface area (Å²) < 4.78 is 5.78. The van der Waals surface area contributed by atoms with E-state index >= 15 is 0 Å². The minimum atomic E-state index is 0.585. The van der Waals surface area contributed by atoms with Crippen LogP contribution < -0.4 is 0 Å². The number of hydrogen-bond acceptors (Lipinski definition) is 1. The molecular weight excluding hydrogens is 184 g/mol. The van der Waals surface area contributed by atoms with E-state index in [1.165, 1.54) is 44.9 Å². The first-order valence-electron chi connectivity index (χ1n) is 6.80. The van der Waals surface area contributed by atoms with E-state index in [0.29, 0.717) is 5.41 Å². The van der Waals surface area contributed by atoms with E-state index in [0.717, 1.165) is 25.0 Å². The van der Waals surface area contributed by atoms with Gasteiger partial charge in [0.15, 0.2) is 0 Å². The van der Waals surface area contributed by atoms with Gasteiger partial charge in [-0.2, -0.15) is 0 Å². The molecule has 1 heterocycles. The van der Waals surface area contributed by atoms with Gasteiger partial charge in [0.25, 0.3) is 0 Å². The van der Waals surface area contributed by atoms with Gasteiger partial charge in [-0.15, -0.1) is 0 Å². The summed E-state index contributed by atoms with van der Waals surface area (Å²) in [6.45, 7) is 6.83. The summed E-state index contributed by atoms with van der Waals surface area (Å²) in [5.41, 5.74) is 0.585. The molecule has 0 aromatic heterocycles. The lowest BCUT2D eigenvalue weighted by molar-refractivity contribution is 0.0186. The van der Waals surface area contributed by atoms with Crippen molar-refractivity contribution >= 4 is 0 Å². The van der Waals surface area contributed by atoms with Crippen molar-refractivity contribution in [2.45, 2.75) is 58.8 Å². The summed E-state index contributed by atoms with van der Waals surface area (Å²) in [4.78, 5) is 0. The summed E-state index contributed by atoms with van der Waals surface area (Å²) in [5, 5.41) is 0. The predicted molar refractivity (Wildman–Crippen MR) is 63.9 cm³/mol. The Labute approximate surface area is 94.6 Å². The fourth-order valence-corrected chi connectivity index (χ4v) is 3.38. The Morgan fingerprint density at radius 2 is 1.80 bits per heavy atom. The van der Waals surface area contributed by atoms with Crippen LogP contribution in [0.1, 0.15) is 58.8 Å². The Morgan fingerprint density at radius 3 is 2.47 bits per heavy atom. The molecule has 0 aromatic carbocycles. The maximum atomic E-state index is 5.78. The lowest BCUT2D eigenvalue weighted by Gasteiger charge is -2.40. The molecule has 1 aliphatic carbocycles. The first-order chi connectivity index (χ1) is 7.22. The van der Waals surface area contributed by atoms with E-state index in [-0.39, 0.29) is 0 Å². The van der Waals surface area contributed by atoms with Gasteiger partial charge in [0.1, 0.15) is 0 Å². The van der Waals surface area contributed by atoms with Crippen LogP contribution in [-0.2, 0) is 4.74 Å². The summed E-state index contributed by atoms with van der Waals surface area (Å²) in [7, 11) is 0. The molecular formula is C14H26O. The SMILES string of the molecule is CC(C)C1CCC2(CCCCOC2)CC1. The second-order valence-corrected chi connectivity index (χ2v) is 6.09. The second kappa shape index (κ2) is 4.86. The van der Waals surface area contributed by atoms with Crippen LogP contribution in [0, 0.1) is 17.3 Å². The zero-order chi connectivity index (χ0) is 10.7.